The molecule has 0 aliphatic heterocycles. The van der Waals surface area contributed by atoms with Gasteiger partial charge in [0.15, 0.2) is 0 Å². The molecule has 4 heteroatoms. The van der Waals surface area contributed by atoms with Crippen molar-refractivity contribution in [3.05, 3.63) is 0 Å². The van der Waals surface area contributed by atoms with E-state index < -0.39 is 0 Å². The van der Waals surface area contributed by atoms with Crippen LogP contribution in [-0.2, 0) is 0 Å². The van der Waals surface area contributed by atoms with E-state index in [1.165, 1.54) is 0 Å². The summed E-state index contributed by atoms with van der Waals surface area (Å²) in [6.45, 7) is 0. The van der Waals surface area contributed by atoms with Gasteiger partial charge in [-0.2, -0.15) is 0 Å². The Morgan fingerprint density at radius 3 is 1.00 bits per heavy atom. The van der Waals surface area contributed by atoms with E-state index in [2.05, 4.69) is 0 Å². The van der Waals surface area contributed by atoms with Crippen molar-refractivity contribution in [1.82, 2.24) is 0 Å². The topological polar surface area (TPSA) is 30.0 Å². The van der Waals surface area contributed by atoms with Crippen LogP contribution in [0.4, 0.5) is 0 Å². The first kappa shape index (κ1) is 42.3. The Hall–Kier alpha value is 1.75. The molecule has 0 aliphatic rings. The first-order chi connectivity index (χ1) is 0. The third-order valence-corrected chi connectivity index (χ3v) is 0. The molecule has 0 spiro atoms. The van der Waals surface area contributed by atoms with Crippen LogP contribution in [0.3, 0.4) is 0 Å². The molecule has 0 amide bonds. The Morgan fingerprint density at radius 1 is 1.00 bits per heavy atom. The van der Waals surface area contributed by atoms with Crippen LogP contribution in [0.15, 0.2) is 0 Å². The van der Waals surface area contributed by atoms with Gasteiger partial charge in [-0.05, 0) is 0 Å². The molecule has 0 fully saturated rings. The minimum atomic E-state index is 0. The predicted molar refractivity (Wildman–Crippen MR) is 6.27 cm³/mol. The van der Waals surface area contributed by atoms with Gasteiger partial charge in [-0.25, -0.2) is 0 Å². The zero-order valence-electron chi connectivity index (χ0n) is 5.45. The molecule has 0 unspecified atom stereocenters. The van der Waals surface area contributed by atoms with E-state index in [4.69, 9.17) is 0 Å². The summed E-state index contributed by atoms with van der Waals surface area (Å²) in [5, 5.41) is 0. The summed E-state index contributed by atoms with van der Waals surface area (Å²) in [7, 11) is 0. The van der Waals surface area contributed by atoms with Crippen molar-refractivity contribution in [1.29, 1.82) is 0 Å². The molecule has 0 radical (unpaired) electrons. The molecule has 0 saturated heterocycles. The molecule has 0 aliphatic carbocycles. The van der Waals surface area contributed by atoms with Crippen LogP contribution in [0, 0.1) is 0 Å². The second-order valence-electron chi connectivity index (χ2n) is 0. The third-order valence-electron chi connectivity index (χ3n) is 0. The summed E-state index contributed by atoms with van der Waals surface area (Å²) in [4.78, 5) is 0. The fraction of sp³-hybridized carbons (Fsp3) is 0. The standard InChI is InChI=1S/3Li.H2O.H2.2H/h;;;1H2;1H;;/q3*+1;;;2*-1/p-1. The van der Waals surface area contributed by atoms with Gasteiger partial charge in [0.1, 0.15) is 0 Å². The Bertz CT molecular complexity index is 10.1. The number of rotatable bonds is 0. The van der Waals surface area contributed by atoms with Gasteiger partial charge in [-0.15, -0.1) is 0 Å². The first-order valence-corrected chi connectivity index (χ1v) is 0. The maximum atomic E-state index is 0. The number of hydrogen-bond acceptors (Lipinski definition) is 1. The molecular weight excluding hydrogens is 36.8 g/mol. The molecule has 0 aromatic heterocycles. The van der Waals surface area contributed by atoms with E-state index in [1.807, 2.05) is 0 Å². The van der Waals surface area contributed by atoms with Crippen molar-refractivity contribution in [2.45, 2.75) is 0 Å². The smallest absolute Gasteiger partial charge is 1.00 e. The van der Waals surface area contributed by atoms with Gasteiger partial charge in [0.25, 0.3) is 0 Å². The molecule has 0 heterocycles. The summed E-state index contributed by atoms with van der Waals surface area (Å²) in [6, 6.07) is 0. The molecule has 0 aromatic rings. The van der Waals surface area contributed by atoms with Crippen LogP contribution in [0.25, 0.3) is 0 Å². The SMILES string of the molecule is [H-].[H-].[HH].[Li+].[Li+].[Li+].[OH-]. The predicted octanol–water partition coefficient (Wildman–Crippen LogP) is -8.69. The second-order valence-corrected chi connectivity index (χ2v) is 0. The normalized spacial score (nSPS) is 0. The van der Waals surface area contributed by atoms with E-state index in [0.29, 0.717) is 0 Å². The molecule has 0 aromatic carbocycles. The van der Waals surface area contributed by atoms with Crippen LogP contribution in [0.2, 0.25) is 0 Å². The average molecular weight is 41.9 g/mol. The van der Waals surface area contributed by atoms with E-state index in [0.717, 1.165) is 0 Å². The zero-order chi connectivity index (χ0) is 0. The van der Waals surface area contributed by atoms with Crippen molar-refractivity contribution in [3.8, 4) is 0 Å². The van der Waals surface area contributed by atoms with Gasteiger partial charge < -0.3 is 8.33 Å². The first-order valence-electron chi connectivity index (χ1n) is 0. The van der Waals surface area contributed by atoms with Gasteiger partial charge in [0.2, 0.25) is 0 Å². The fourth-order valence-corrected chi connectivity index (χ4v) is 0. The molecule has 0 bridgehead atoms. The van der Waals surface area contributed by atoms with Crippen LogP contribution in [0.1, 0.15) is 4.28 Å². The zero-order valence-corrected chi connectivity index (χ0v) is 3.45. The Kier molecular flexibility index (Phi) is 231. The summed E-state index contributed by atoms with van der Waals surface area (Å²) in [5.74, 6) is 0. The van der Waals surface area contributed by atoms with Crippen molar-refractivity contribution in [3.63, 3.8) is 0 Å². The third kappa shape index (κ3) is 9.26. The molecular formula is H5Li3O. The Labute approximate surface area is 66.2 Å². The van der Waals surface area contributed by atoms with E-state index in [1.54, 1.807) is 0 Å². The molecule has 14 valence electrons. The maximum Gasteiger partial charge on any atom is 1.00 e. The van der Waals surface area contributed by atoms with Crippen LogP contribution >= 0.6 is 0 Å². The van der Waals surface area contributed by atoms with Crippen molar-refractivity contribution < 1.29 is 66.3 Å². The molecule has 1 nitrogen and oxygen atoms in total. The van der Waals surface area contributed by atoms with Gasteiger partial charge in [0.05, 0.1) is 0 Å². The van der Waals surface area contributed by atoms with E-state index >= 15 is 0 Å². The summed E-state index contributed by atoms with van der Waals surface area (Å²) >= 11 is 0. The monoisotopic (exact) mass is 42.1 g/mol. The molecule has 0 rings (SSSR count). The van der Waals surface area contributed by atoms with Crippen LogP contribution < -0.4 is 56.6 Å². The van der Waals surface area contributed by atoms with Crippen molar-refractivity contribution >= 4 is 0 Å². The maximum absolute atomic E-state index is 0. The Morgan fingerprint density at radius 2 is 1.00 bits per heavy atom. The minimum absolute atomic E-state index is 0. The summed E-state index contributed by atoms with van der Waals surface area (Å²) in [6.07, 6.45) is 0. The van der Waals surface area contributed by atoms with Crippen molar-refractivity contribution in [2.24, 2.45) is 0 Å². The molecule has 0 atom stereocenters. The largest absolute Gasteiger partial charge is 1.00 e. The van der Waals surface area contributed by atoms with Gasteiger partial charge in [0, 0.05) is 1.43 Å². The number of hydrogen-bond donors (Lipinski definition) is 0. The fourth-order valence-electron chi connectivity index (χ4n) is 0. The average Bonchev–Trinajstić information content (AvgIpc) is 0. The molecule has 0 saturated carbocycles. The minimum Gasteiger partial charge on any atom is -1.00 e. The Balaban J connectivity index is 0. The van der Waals surface area contributed by atoms with Gasteiger partial charge in [-0.3, -0.25) is 0 Å². The van der Waals surface area contributed by atoms with Crippen molar-refractivity contribution in [2.75, 3.05) is 0 Å². The van der Waals surface area contributed by atoms with E-state index in [9.17, 15) is 0 Å². The second kappa shape index (κ2) is 21.8. The summed E-state index contributed by atoms with van der Waals surface area (Å²) < 4.78 is 0. The van der Waals surface area contributed by atoms with Gasteiger partial charge >= 0.3 is 56.6 Å². The van der Waals surface area contributed by atoms with Gasteiger partial charge in [-0.1, -0.05) is 0 Å². The van der Waals surface area contributed by atoms with Crippen LogP contribution in [0.5, 0.6) is 0 Å². The van der Waals surface area contributed by atoms with Crippen LogP contribution in [-0.4, -0.2) is 5.48 Å². The summed E-state index contributed by atoms with van der Waals surface area (Å²) in [5.41, 5.74) is 0. The van der Waals surface area contributed by atoms with E-state index in [-0.39, 0.29) is 66.3 Å². The quantitative estimate of drug-likeness (QED) is 0.247. The molecule has 4 heavy (non-hydrogen) atoms. The molecule has 1 N–H and O–H groups in total.